The molecule has 182 valence electrons. The topological polar surface area (TPSA) is 55.2 Å². The average molecular weight is 488 g/mol. The minimum Gasteiger partial charge on any atom is -0.342 e. The molecule has 0 unspecified atom stereocenters. The van der Waals surface area contributed by atoms with E-state index in [1.807, 2.05) is 25.4 Å². The Balaban J connectivity index is 1.40. The molecular weight excluding hydrogens is 454 g/mol. The number of pyridine rings is 1. The third kappa shape index (κ3) is 4.78. The van der Waals surface area contributed by atoms with Crippen LogP contribution in [0.15, 0.2) is 71.8 Å². The second-order valence-electron chi connectivity index (χ2n) is 10.4. The Morgan fingerprint density at radius 1 is 0.914 bits per heavy atom. The Labute approximate surface area is 208 Å². The van der Waals surface area contributed by atoms with Crippen molar-refractivity contribution in [1.82, 2.24) is 14.5 Å². The summed E-state index contributed by atoms with van der Waals surface area (Å²) in [5.41, 5.74) is 7.78. The maximum Gasteiger partial charge on any atom is 0.175 e. The first-order chi connectivity index (χ1) is 16.6. The lowest BCUT2D eigenvalue weighted by atomic mass is 9.90. The maximum absolute atomic E-state index is 11.8. The average Bonchev–Trinajstić information content (AvgIpc) is 3.16. The molecule has 6 heteroatoms. The number of benzene rings is 2. The van der Waals surface area contributed by atoms with Gasteiger partial charge in [0.2, 0.25) is 0 Å². The van der Waals surface area contributed by atoms with Gasteiger partial charge in [0.05, 0.1) is 21.6 Å². The van der Waals surface area contributed by atoms with Crippen molar-refractivity contribution in [3.8, 4) is 22.4 Å². The number of hydrogen-bond donors (Lipinski definition) is 0. The van der Waals surface area contributed by atoms with E-state index in [1.165, 1.54) is 37.6 Å². The van der Waals surface area contributed by atoms with Gasteiger partial charge in [0, 0.05) is 37.1 Å². The highest BCUT2D eigenvalue weighted by atomic mass is 32.2. The first-order valence-corrected chi connectivity index (χ1v) is 14.1. The van der Waals surface area contributed by atoms with E-state index in [-0.39, 0.29) is 5.54 Å². The van der Waals surface area contributed by atoms with E-state index >= 15 is 0 Å². The molecule has 0 saturated carbocycles. The SMILES string of the molecule is Cn1c(-c2ccc(S(C)(=O)=O)cc2)cc2ncc(-c3ccc(CN4CCCCC4(C)C)cc3)cc21. The molecule has 35 heavy (non-hydrogen) atoms. The second-order valence-corrected chi connectivity index (χ2v) is 12.4. The van der Waals surface area contributed by atoms with Crippen molar-refractivity contribution in [3.05, 3.63) is 72.4 Å². The van der Waals surface area contributed by atoms with Crippen LogP contribution in [-0.2, 0) is 23.4 Å². The number of piperidine rings is 1. The monoisotopic (exact) mass is 487 g/mol. The molecule has 1 aliphatic heterocycles. The van der Waals surface area contributed by atoms with Crippen LogP contribution in [0.1, 0.15) is 38.7 Å². The molecule has 2 aromatic carbocycles. The summed E-state index contributed by atoms with van der Waals surface area (Å²) in [6.07, 6.45) is 7.03. The zero-order chi connectivity index (χ0) is 24.8. The molecule has 0 amide bonds. The number of nitrogens with zero attached hydrogens (tertiary/aromatic N) is 3. The summed E-state index contributed by atoms with van der Waals surface area (Å²) >= 11 is 0. The fourth-order valence-corrected chi connectivity index (χ4v) is 5.78. The van der Waals surface area contributed by atoms with Gasteiger partial charge in [-0.15, -0.1) is 0 Å². The van der Waals surface area contributed by atoms with E-state index in [4.69, 9.17) is 4.98 Å². The fraction of sp³-hybridized carbons (Fsp3) is 0.345. The number of aryl methyl sites for hydroxylation is 1. The smallest absolute Gasteiger partial charge is 0.175 e. The number of aromatic nitrogens is 2. The van der Waals surface area contributed by atoms with Crippen LogP contribution in [0, 0.1) is 0 Å². The zero-order valence-electron chi connectivity index (χ0n) is 21.0. The van der Waals surface area contributed by atoms with E-state index < -0.39 is 9.84 Å². The van der Waals surface area contributed by atoms with Gasteiger partial charge in [-0.05, 0) is 74.2 Å². The van der Waals surface area contributed by atoms with E-state index in [9.17, 15) is 8.42 Å². The Morgan fingerprint density at radius 2 is 1.60 bits per heavy atom. The fourth-order valence-electron chi connectivity index (χ4n) is 5.14. The van der Waals surface area contributed by atoms with Crippen LogP contribution in [0.4, 0.5) is 0 Å². The Hall–Kier alpha value is -2.96. The summed E-state index contributed by atoms with van der Waals surface area (Å²) < 4.78 is 25.7. The van der Waals surface area contributed by atoms with Crippen molar-refractivity contribution in [3.63, 3.8) is 0 Å². The normalized spacial score (nSPS) is 16.6. The Kier molecular flexibility index (Phi) is 6.06. The molecule has 5 nitrogen and oxygen atoms in total. The molecule has 1 saturated heterocycles. The highest BCUT2D eigenvalue weighted by Crippen LogP contribution is 2.31. The first kappa shape index (κ1) is 23.8. The highest BCUT2D eigenvalue weighted by Gasteiger charge is 2.29. The summed E-state index contributed by atoms with van der Waals surface area (Å²) in [5, 5.41) is 0. The van der Waals surface area contributed by atoms with Gasteiger partial charge in [0.15, 0.2) is 9.84 Å². The molecule has 0 radical (unpaired) electrons. The first-order valence-electron chi connectivity index (χ1n) is 12.2. The molecule has 5 rings (SSSR count). The molecule has 0 atom stereocenters. The van der Waals surface area contributed by atoms with Gasteiger partial charge in [-0.3, -0.25) is 9.88 Å². The Bertz CT molecular complexity index is 1470. The van der Waals surface area contributed by atoms with Crippen molar-refractivity contribution in [2.24, 2.45) is 7.05 Å². The molecule has 3 heterocycles. The summed E-state index contributed by atoms with van der Waals surface area (Å²) in [7, 11) is -1.19. The van der Waals surface area contributed by atoms with Gasteiger partial charge in [0.1, 0.15) is 0 Å². The van der Waals surface area contributed by atoms with Gasteiger partial charge in [0.25, 0.3) is 0 Å². The summed E-state index contributed by atoms with van der Waals surface area (Å²) in [4.78, 5) is 7.66. The molecule has 1 fully saturated rings. The van der Waals surface area contributed by atoms with Crippen LogP contribution in [0.2, 0.25) is 0 Å². The molecule has 2 aromatic heterocycles. The summed E-state index contributed by atoms with van der Waals surface area (Å²) in [6.45, 7) is 6.87. The van der Waals surface area contributed by atoms with Crippen LogP contribution in [0.5, 0.6) is 0 Å². The lowest BCUT2D eigenvalue weighted by molar-refractivity contribution is 0.0692. The molecule has 1 aliphatic rings. The highest BCUT2D eigenvalue weighted by molar-refractivity contribution is 7.90. The minimum atomic E-state index is -3.21. The number of rotatable bonds is 5. The lowest BCUT2D eigenvalue weighted by Gasteiger charge is -2.42. The van der Waals surface area contributed by atoms with E-state index in [0.717, 1.165) is 40.0 Å². The Morgan fingerprint density at radius 3 is 2.26 bits per heavy atom. The van der Waals surface area contributed by atoms with E-state index in [1.54, 1.807) is 12.1 Å². The molecule has 0 N–H and O–H groups in total. The zero-order valence-corrected chi connectivity index (χ0v) is 21.8. The predicted octanol–water partition coefficient (Wildman–Crippen LogP) is 6.08. The van der Waals surface area contributed by atoms with Crippen LogP contribution in [-0.4, -0.2) is 41.2 Å². The largest absolute Gasteiger partial charge is 0.342 e. The predicted molar refractivity (Wildman–Crippen MR) is 143 cm³/mol. The van der Waals surface area contributed by atoms with Crippen molar-refractivity contribution >= 4 is 20.9 Å². The quantitative estimate of drug-likeness (QED) is 0.343. The molecule has 0 spiro atoms. The van der Waals surface area contributed by atoms with Crippen LogP contribution in [0.25, 0.3) is 33.4 Å². The van der Waals surface area contributed by atoms with Crippen molar-refractivity contribution < 1.29 is 8.42 Å². The van der Waals surface area contributed by atoms with Crippen molar-refractivity contribution in [2.45, 2.75) is 50.1 Å². The van der Waals surface area contributed by atoms with Crippen molar-refractivity contribution in [2.75, 3.05) is 12.8 Å². The van der Waals surface area contributed by atoms with Gasteiger partial charge in [-0.1, -0.05) is 42.8 Å². The maximum atomic E-state index is 11.8. The summed E-state index contributed by atoms with van der Waals surface area (Å²) in [6, 6.07) is 20.1. The van der Waals surface area contributed by atoms with Crippen LogP contribution >= 0.6 is 0 Å². The lowest BCUT2D eigenvalue weighted by Crippen LogP contribution is -2.46. The van der Waals surface area contributed by atoms with Crippen molar-refractivity contribution in [1.29, 1.82) is 0 Å². The number of likely N-dealkylation sites (tertiary alicyclic amines) is 1. The third-order valence-electron chi connectivity index (χ3n) is 7.46. The standard InChI is InChI=1S/C29H33N3O2S/c1-29(2)15-5-6-16-32(29)20-21-7-9-22(10-8-21)24-17-28-26(30-19-24)18-27(31(28)3)23-11-13-25(14-12-23)35(4,33)34/h7-14,17-19H,5-6,15-16,20H2,1-4H3. The number of sulfone groups is 1. The minimum absolute atomic E-state index is 0.265. The van der Waals surface area contributed by atoms with E-state index in [0.29, 0.717) is 4.90 Å². The molecular formula is C29H33N3O2S. The van der Waals surface area contributed by atoms with Gasteiger partial charge < -0.3 is 4.57 Å². The number of fused-ring (bicyclic) bond motifs is 1. The number of hydrogen-bond acceptors (Lipinski definition) is 4. The second kappa shape index (κ2) is 8.92. The van der Waals surface area contributed by atoms with E-state index in [2.05, 4.69) is 59.7 Å². The summed E-state index contributed by atoms with van der Waals surface area (Å²) in [5.74, 6) is 0. The van der Waals surface area contributed by atoms with Gasteiger partial charge in [-0.2, -0.15) is 0 Å². The molecule has 0 aliphatic carbocycles. The molecule has 4 aromatic rings. The third-order valence-corrected chi connectivity index (χ3v) is 8.58. The van der Waals surface area contributed by atoms with Gasteiger partial charge in [-0.25, -0.2) is 8.42 Å². The van der Waals surface area contributed by atoms with Crippen LogP contribution < -0.4 is 0 Å². The molecule has 0 bridgehead atoms. The van der Waals surface area contributed by atoms with Crippen LogP contribution in [0.3, 0.4) is 0 Å². The van der Waals surface area contributed by atoms with Gasteiger partial charge >= 0.3 is 0 Å².